The Bertz CT molecular complexity index is 444. The third-order valence-electron chi connectivity index (χ3n) is 3.37. The van der Waals surface area contributed by atoms with Crippen molar-refractivity contribution in [3.63, 3.8) is 0 Å². The molecule has 19 heavy (non-hydrogen) atoms. The van der Waals surface area contributed by atoms with Crippen LogP contribution in [0.1, 0.15) is 28.8 Å². The molecule has 1 aliphatic heterocycles. The van der Waals surface area contributed by atoms with Crippen LogP contribution in [0.25, 0.3) is 0 Å². The smallest absolute Gasteiger partial charge is 0.338 e. The number of carboxylic acids is 1. The summed E-state index contributed by atoms with van der Waals surface area (Å²) in [5.74, 6) is -1.31. The van der Waals surface area contributed by atoms with E-state index in [9.17, 15) is 9.18 Å². The molecular formula is C14H18FNO3. The second-order valence-corrected chi connectivity index (χ2v) is 4.81. The lowest BCUT2D eigenvalue weighted by molar-refractivity contribution is 0.0662. The van der Waals surface area contributed by atoms with Crippen LogP contribution in [0.2, 0.25) is 0 Å². The molecule has 1 saturated heterocycles. The fourth-order valence-corrected chi connectivity index (χ4v) is 2.21. The number of carbonyl (C=O) groups is 1. The number of ether oxygens (including phenoxy) is 1. The van der Waals surface area contributed by atoms with Gasteiger partial charge in [-0.15, -0.1) is 0 Å². The minimum Gasteiger partial charge on any atom is -0.478 e. The van der Waals surface area contributed by atoms with Gasteiger partial charge in [-0.3, -0.25) is 0 Å². The summed E-state index contributed by atoms with van der Waals surface area (Å²) in [5, 5.41) is 12.0. The first-order valence-corrected chi connectivity index (χ1v) is 6.47. The molecule has 0 radical (unpaired) electrons. The van der Waals surface area contributed by atoms with Crippen LogP contribution in [0, 0.1) is 11.7 Å². The number of aromatic carboxylic acids is 1. The van der Waals surface area contributed by atoms with Gasteiger partial charge in [0.25, 0.3) is 0 Å². The van der Waals surface area contributed by atoms with Crippen LogP contribution < -0.4 is 5.32 Å². The van der Waals surface area contributed by atoms with Crippen molar-refractivity contribution in [3.05, 3.63) is 35.1 Å². The number of halogens is 1. The number of nitrogens with one attached hydrogen (secondary N) is 1. The Balaban J connectivity index is 1.82. The summed E-state index contributed by atoms with van der Waals surface area (Å²) in [6.07, 6.45) is 2.11. The standard InChI is InChI=1S/C14H18FNO3/c15-13-7-11(1-2-12(13)14(17)18)9-16-8-10-3-5-19-6-4-10/h1-2,7,10,16H,3-6,8-9H2,(H,17,18). The molecule has 1 aliphatic rings. The topological polar surface area (TPSA) is 58.6 Å². The highest BCUT2D eigenvalue weighted by molar-refractivity contribution is 5.87. The zero-order valence-electron chi connectivity index (χ0n) is 10.7. The Labute approximate surface area is 111 Å². The van der Waals surface area contributed by atoms with E-state index in [1.807, 2.05) is 0 Å². The van der Waals surface area contributed by atoms with Gasteiger partial charge in [0.2, 0.25) is 0 Å². The predicted molar refractivity (Wildman–Crippen MR) is 68.6 cm³/mol. The van der Waals surface area contributed by atoms with Gasteiger partial charge in [-0.2, -0.15) is 0 Å². The van der Waals surface area contributed by atoms with Crippen molar-refractivity contribution < 1.29 is 19.0 Å². The van der Waals surface area contributed by atoms with E-state index in [2.05, 4.69) is 5.32 Å². The van der Waals surface area contributed by atoms with E-state index >= 15 is 0 Å². The van der Waals surface area contributed by atoms with Gasteiger partial charge < -0.3 is 15.2 Å². The summed E-state index contributed by atoms with van der Waals surface area (Å²) in [6.45, 7) is 3.06. The molecule has 1 fully saturated rings. The normalized spacial score (nSPS) is 16.5. The van der Waals surface area contributed by atoms with E-state index in [1.54, 1.807) is 6.07 Å². The fourth-order valence-electron chi connectivity index (χ4n) is 2.21. The maximum atomic E-state index is 13.5. The zero-order valence-corrected chi connectivity index (χ0v) is 10.7. The first-order valence-electron chi connectivity index (χ1n) is 6.47. The van der Waals surface area contributed by atoms with E-state index in [1.165, 1.54) is 12.1 Å². The van der Waals surface area contributed by atoms with Gasteiger partial charge in [0.15, 0.2) is 0 Å². The molecule has 1 heterocycles. The van der Waals surface area contributed by atoms with Crippen LogP contribution in [0.4, 0.5) is 4.39 Å². The maximum absolute atomic E-state index is 13.5. The highest BCUT2D eigenvalue weighted by Crippen LogP contribution is 2.14. The lowest BCUT2D eigenvalue weighted by atomic mass is 10.0. The van der Waals surface area contributed by atoms with Gasteiger partial charge in [0.1, 0.15) is 5.82 Å². The highest BCUT2D eigenvalue weighted by Gasteiger charge is 2.13. The van der Waals surface area contributed by atoms with Crippen LogP contribution in [0.5, 0.6) is 0 Å². The molecule has 0 unspecified atom stereocenters. The van der Waals surface area contributed by atoms with Gasteiger partial charge in [-0.25, -0.2) is 9.18 Å². The molecule has 0 spiro atoms. The van der Waals surface area contributed by atoms with Gasteiger partial charge in [0, 0.05) is 19.8 Å². The molecule has 0 bridgehead atoms. The number of carboxylic acid groups (broad SMARTS) is 1. The molecule has 1 aromatic carbocycles. The van der Waals surface area contributed by atoms with Crippen LogP contribution in [0.3, 0.4) is 0 Å². The first kappa shape index (κ1) is 14.0. The molecule has 0 atom stereocenters. The van der Waals surface area contributed by atoms with E-state index in [0.717, 1.165) is 38.2 Å². The van der Waals surface area contributed by atoms with Crippen molar-refractivity contribution in [2.45, 2.75) is 19.4 Å². The van der Waals surface area contributed by atoms with Crippen LogP contribution in [-0.4, -0.2) is 30.8 Å². The lowest BCUT2D eigenvalue weighted by Gasteiger charge is -2.22. The van der Waals surface area contributed by atoms with Gasteiger partial charge in [0.05, 0.1) is 5.56 Å². The van der Waals surface area contributed by atoms with E-state index in [0.29, 0.717) is 12.5 Å². The first-order chi connectivity index (χ1) is 9.16. The third kappa shape index (κ3) is 4.01. The molecule has 2 rings (SSSR count). The summed E-state index contributed by atoms with van der Waals surface area (Å²) < 4.78 is 18.7. The van der Waals surface area contributed by atoms with Crippen LogP contribution in [0.15, 0.2) is 18.2 Å². The summed E-state index contributed by atoms with van der Waals surface area (Å²) >= 11 is 0. The number of benzene rings is 1. The Kier molecular flexibility index (Phi) is 4.87. The second-order valence-electron chi connectivity index (χ2n) is 4.81. The minimum absolute atomic E-state index is 0.284. The van der Waals surface area contributed by atoms with E-state index < -0.39 is 11.8 Å². The summed E-state index contributed by atoms with van der Waals surface area (Å²) in [4.78, 5) is 10.7. The molecule has 0 aliphatic carbocycles. The SMILES string of the molecule is O=C(O)c1ccc(CNCC2CCOCC2)cc1F. The largest absolute Gasteiger partial charge is 0.478 e. The van der Waals surface area contributed by atoms with Crippen LogP contribution in [-0.2, 0) is 11.3 Å². The van der Waals surface area contributed by atoms with Crippen molar-refractivity contribution in [2.75, 3.05) is 19.8 Å². The molecule has 104 valence electrons. The number of rotatable bonds is 5. The maximum Gasteiger partial charge on any atom is 0.338 e. The molecule has 0 amide bonds. The molecule has 4 nitrogen and oxygen atoms in total. The highest BCUT2D eigenvalue weighted by atomic mass is 19.1. The Morgan fingerprint density at radius 3 is 2.79 bits per heavy atom. The number of hydrogen-bond acceptors (Lipinski definition) is 3. The summed E-state index contributed by atoms with van der Waals surface area (Å²) in [7, 11) is 0. The van der Waals surface area contributed by atoms with E-state index in [4.69, 9.17) is 9.84 Å². The van der Waals surface area contributed by atoms with Crippen molar-refractivity contribution >= 4 is 5.97 Å². The van der Waals surface area contributed by atoms with Gasteiger partial charge in [-0.05, 0) is 43.0 Å². The quantitative estimate of drug-likeness (QED) is 0.857. The summed E-state index contributed by atoms with van der Waals surface area (Å²) in [6, 6.07) is 4.23. The Morgan fingerprint density at radius 2 is 2.16 bits per heavy atom. The van der Waals surface area contributed by atoms with E-state index in [-0.39, 0.29) is 5.56 Å². The molecular weight excluding hydrogens is 249 g/mol. The van der Waals surface area contributed by atoms with Crippen molar-refractivity contribution in [1.82, 2.24) is 5.32 Å². The summed E-state index contributed by atoms with van der Waals surface area (Å²) in [5.41, 5.74) is 0.475. The van der Waals surface area contributed by atoms with Crippen LogP contribution >= 0.6 is 0 Å². The van der Waals surface area contributed by atoms with Gasteiger partial charge in [-0.1, -0.05) is 6.07 Å². The van der Waals surface area contributed by atoms with Gasteiger partial charge >= 0.3 is 5.97 Å². The molecule has 5 heteroatoms. The van der Waals surface area contributed by atoms with Crippen molar-refractivity contribution in [1.29, 1.82) is 0 Å². The average Bonchev–Trinajstić information content (AvgIpc) is 2.39. The third-order valence-corrected chi connectivity index (χ3v) is 3.37. The zero-order chi connectivity index (χ0) is 13.7. The molecule has 1 aromatic rings. The molecule has 0 saturated carbocycles. The monoisotopic (exact) mass is 267 g/mol. The van der Waals surface area contributed by atoms with Crippen molar-refractivity contribution in [2.24, 2.45) is 5.92 Å². The second kappa shape index (κ2) is 6.63. The molecule has 0 aromatic heterocycles. The lowest BCUT2D eigenvalue weighted by Crippen LogP contribution is -2.27. The Morgan fingerprint density at radius 1 is 1.42 bits per heavy atom. The van der Waals surface area contributed by atoms with Crippen molar-refractivity contribution in [3.8, 4) is 0 Å². The predicted octanol–water partition coefficient (Wildman–Crippen LogP) is 2.04. The molecule has 2 N–H and O–H groups in total. The number of hydrogen-bond donors (Lipinski definition) is 2. The average molecular weight is 267 g/mol. The fraction of sp³-hybridized carbons (Fsp3) is 0.500. The minimum atomic E-state index is -1.24. The Hall–Kier alpha value is -1.46.